The molecule has 0 heterocycles. The highest BCUT2D eigenvalue weighted by Gasteiger charge is 2.18. The summed E-state index contributed by atoms with van der Waals surface area (Å²) in [7, 11) is -3.74. The molecule has 2 atom stereocenters. The second-order valence-electron chi connectivity index (χ2n) is 5.69. The fourth-order valence-electron chi connectivity index (χ4n) is 2.35. The van der Waals surface area contributed by atoms with Gasteiger partial charge in [0.15, 0.2) is 0 Å². The van der Waals surface area contributed by atoms with E-state index in [1.165, 1.54) is 24.3 Å². The highest BCUT2D eigenvalue weighted by molar-refractivity contribution is 9.10. The van der Waals surface area contributed by atoms with Gasteiger partial charge in [0.2, 0.25) is 15.9 Å². The van der Waals surface area contributed by atoms with Crippen LogP contribution in [0.1, 0.15) is 25.5 Å². The van der Waals surface area contributed by atoms with Crippen molar-refractivity contribution >= 4 is 37.5 Å². The van der Waals surface area contributed by atoms with Crippen molar-refractivity contribution in [1.29, 1.82) is 0 Å². The molecule has 25 heavy (non-hydrogen) atoms. The van der Waals surface area contributed by atoms with Gasteiger partial charge in [-0.2, -0.15) is 0 Å². The van der Waals surface area contributed by atoms with Gasteiger partial charge in [-0.15, -0.1) is 0 Å². The third-order valence-electron chi connectivity index (χ3n) is 3.72. The number of rotatable bonds is 6. The molecule has 0 aliphatic heterocycles. The molecule has 4 N–H and O–H groups in total. The molecule has 6 nitrogen and oxygen atoms in total. The Balaban J connectivity index is 1.99. The predicted octanol–water partition coefficient (Wildman–Crippen LogP) is 2.77. The van der Waals surface area contributed by atoms with Crippen molar-refractivity contribution in [3.05, 3.63) is 58.6 Å². The fraction of sp³-hybridized carbons (Fsp3) is 0.235. The molecule has 0 unspecified atom stereocenters. The van der Waals surface area contributed by atoms with Crippen LogP contribution >= 0.6 is 15.9 Å². The third-order valence-corrected chi connectivity index (χ3v) is 5.37. The summed E-state index contributed by atoms with van der Waals surface area (Å²) in [5.74, 6) is -0.220. The number of carbonyl (C=O) groups is 1. The van der Waals surface area contributed by atoms with E-state index in [1.54, 1.807) is 6.92 Å². The predicted molar refractivity (Wildman–Crippen MR) is 102 cm³/mol. The van der Waals surface area contributed by atoms with Crippen molar-refractivity contribution in [3.63, 3.8) is 0 Å². The van der Waals surface area contributed by atoms with Crippen LogP contribution in [0.15, 0.2) is 57.9 Å². The summed E-state index contributed by atoms with van der Waals surface area (Å²) in [6, 6.07) is 13.0. The largest absolute Gasteiger partial charge is 0.325 e. The number of hydrogen-bond acceptors (Lipinski definition) is 4. The lowest BCUT2D eigenvalue weighted by Crippen LogP contribution is -2.39. The molecule has 0 aromatic heterocycles. The second-order valence-corrected chi connectivity index (χ2v) is 8.11. The van der Waals surface area contributed by atoms with Crippen LogP contribution in [0.3, 0.4) is 0 Å². The standard InChI is InChI=1S/C17H20BrN3O3S/c1-11(15-5-3-4-6-16(15)18)20-12(2)17(22)21-13-7-9-14(10-8-13)25(19,23)24/h3-12,20H,1-2H3,(H,21,22)(H2,19,23,24)/t11-,12+/m0/s1. The van der Waals surface area contributed by atoms with Gasteiger partial charge in [0.1, 0.15) is 0 Å². The summed E-state index contributed by atoms with van der Waals surface area (Å²) in [5.41, 5.74) is 1.55. The van der Waals surface area contributed by atoms with E-state index in [-0.39, 0.29) is 16.8 Å². The highest BCUT2D eigenvalue weighted by Crippen LogP contribution is 2.23. The van der Waals surface area contributed by atoms with E-state index < -0.39 is 16.1 Å². The Kier molecular flexibility index (Phi) is 6.34. The minimum Gasteiger partial charge on any atom is -0.325 e. The van der Waals surface area contributed by atoms with E-state index >= 15 is 0 Å². The molecule has 1 amide bonds. The number of sulfonamides is 1. The van der Waals surface area contributed by atoms with E-state index in [4.69, 9.17) is 5.14 Å². The molecule has 0 bridgehead atoms. The lowest BCUT2D eigenvalue weighted by molar-refractivity contribution is -0.117. The zero-order valence-corrected chi connectivity index (χ0v) is 16.3. The van der Waals surface area contributed by atoms with Gasteiger partial charge >= 0.3 is 0 Å². The van der Waals surface area contributed by atoms with Gasteiger partial charge in [0.25, 0.3) is 0 Å². The van der Waals surface area contributed by atoms with Gasteiger partial charge < -0.3 is 5.32 Å². The minimum absolute atomic E-state index is 0.000720. The van der Waals surface area contributed by atoms with Gasteiger partial charge in [-0.25, -0.2) is 13.6 Å². The quantitative estimate of drug-likeness (QED) is 0.661. The van der Waals surface area contributed by atoms with Gasteiger partial charge in [0.05, 0.1) is 10.9 Å². The molecule has 134 valence electrons. The first-order valence-corrected chi connectivity index (χ1v) is 9.96. The first-order chi connectivity index (χ1) is 11.7. The molecular formula is C17H20BrN3O3S. The summed E-state index contributed by atoms with van der Waals surface area (Å²) >= 11 is 3.50. The number of hydrogen-bond donors (Lipinski definition) is 3. The van der Waals surface area contributed by atoms with Crippen LogP contribution in [0, 0.1) is 0 Å². The molecule has 0 fully saturated rings. The molecule has 0 aliphatic rings. The number of nitrogens with two attached hydrogens (primary N) is 1. The van der Waals surface area contributed by atoms with Crippen molar-refractivity contribution in [1.82, 2.24) is 5.32 Å². The fourth-order valence-corrected chi connectivity index (χ4v) is 3.49. The van der Waals surface area contributed by atoms with Gasteiger partial charge in [-0.1, -0.05) is 34.1 Å². The maximum Gasteiger partial charge on any atom is 0.241 e. The Morgan fingerprint density at radius 2 is 1.68 bits per heavy atom. The van der Waals surface area contributed by atoms with Crippen LogP contribution in [0.5, 0.6) is 0 Å². The summed E-state index contributed by atoms with van der Waals surface area (Å²) in [6.07, 6.45) is 0. The van der Waals surface area contributed by atoms with Crippen LogP contribution in [-0.2, 0) is 14.8 Å². The first-order valence-electron chi connectivity index (χ1n) is 7.62. The number of nitrogens with one attached hydrogen (secondary N) is 2. The number of amides is 1. The molecule has 0 radical (unpaired) electrons. The SMILES string of the molecule is C[C@H](N[C@H](C)C(=O)Nc1ccc(S(N)(=O)=O)cc1)c1ccccc1Br. The third kappa shape index (κ3) is 5.37. The Bertz CT molecular complexity index is 854. The lowest BCUT2D eigenvalue weighted by atomic mass is 10.1. The van der Waals surface area contributed by atoms with Crippen molar-refractivity contribution in [2.75, 3.05) is 5.32 Å². The molecule has 0 saturated carbocycles. The van der Waals surface area contributed by atoms with Gasteiger partial charge in [0, 0.05) is 16.2 Å². The average molecular weight is 426 g/mol. The Hall–Kier alpha value is -1.74. The van der Waals surface area contributed by atoms with Crippen LogP contribution < -0.4 is 15.8 Å². The smallest absolute Gasteiger partial charge is 0.241 e. The summed E-state index contributed by atoms with van der Waals surface area (Å²) in [4.78, 5) is 12.3. The maximum atomic E-state index is 12.3. The number of halogens is 1. The Labute approximate surface area is 156 Å². The molecule has 8 heteroatoms. The maximum absolute atomic E-state index is 12.3. The Morgan fingerprint density at radius 3 is 2.24 bits per heavy atom. The van der Waals surface area contributed by atoms with Gasteiger partial charge in [-0.05, 0) is 49.7 Å². The van der Waals surface area contributed by atoms with Crippen LogP contribution in [0.2, 0.25) is 0 Å². The van der Waals surface area contributed by atoms with E-state index in [2.05, 4.69) is 26.6 Å². The van der Waals surface area contributed by atoms with Crippen LogP contribution in [0.25, 0.3) is 0 Å². The lowest BCUT2D eigenvalue weighted by Gasteiger charge is -2.21. The van der Waals surface area contributed by atoms with Gasteiger partial charge in [-0.3, -0.25) is 10.1 Å². The Morgan fingerprint density at radius 1 is 1.08 bits per heavy atom. The topological polar surface area (TPSA) is 101 Å². The summed E-state index contributed by atoms with van der Waals surface area (Å²) in [6.45, 7) is 3.74. The number of primary sulfonamides is 1. The minimum atomic E-state index is -3.74. The van der Waals surface area contributed by atoms with Crippen molar-refractivity contribution < 1.29 is 13.2 Å². The first kappa shape index (κ1) is 19.6. The molecule has 0 spiro atoms. The number of benzene rings is 2. The van der Waals surface area contributed by atoms with E-state index in [9.17, 15) is 13.2 Å². The molecular weight excluding hydrogens is 406 g/mol. The van der Waals surface area contributed by atoms with Crippen molar-refractivity contribution in [2.45, 2.75) is 30.8 Å². The van der Waals surface area contributed by atoms with Crippen LogP contribution in [0.4, 0.5) is 5.69 Å². The van der Waals surface area contributed by atoms with Crippen molar-refractivity contribution in [3.8, 4) is 0 Å². The van der Waals surface area contributed by atoms with E-state index in [1.807, 2.05) is 31.2 Å². The molecule has 2 aromatic carbocycles. The monoisotopic (exact) mass is 425 g/mol. The number of carbonyl (C=O) groups excluding carboxylic acids is 1. The normalized spacial score (nSPS) is 13.9. The molecule has 0 aliphatic carbocycles. The van der Waals surface area contributed by atoms with E-state index in [0.717, 1.165) is 10.0 Å². The van der Waals surface area contributed by atoms with Crippen molar-refractivity contribution in [2.24, 2.45) is 5.14 Å². The highest BCUT2D eigenvalue weighted by atomic mass is 79.9. The molecule has 2 rings (SSSR count). The second kappa shape index (κ2) is 8.09. The van der Waals surface area contributed by atoms with Crippen LogP contribution in [-0.4, -0.2) is 20.4 Å². The molecule has 0 saturated heterocycles. The zero-order valence-electron chi connectivity index (χ0n) is 13.9. The summed E-state index contributed by atoms with van der Waals surface area (Å²) in [5, 5.41) is 11.0. The number of anilines is 1. The molecule has 2 aromatic rings. The van der Waals surface area contributed by atoms with E-state index in [0.29, 0.717) is 5.69 Å². The zero-order chi connectivity index (χ0) is 18.6. The summed E-state index contributed by atoms with van der Waals surface area (Å²) < 4.78 is 23.4. The average Bonchev–Trinajstić information content (AvgIpc) is 2.54.